The fourth-order valence-electron chi connectivity index (χ4n) is 7.64. The zero-order chi connectivity index (χ0) is 32.7. The molecule has 2 aromatic heterocycles. The molecule has 0 aliphatic carbocycles. The molecule has 9 nitrogen and oxygen atoms in total. The molecule has 5 heterocycles. The number of carbonyl (C=O) groups excluding carboxylic acids is 2. The first kappa shape index (κ1) is 32.7. The monoisotopic (exact) mass is 650 g/mol. The molecule has 0 saturated carbocycles. The highest BCUT2D eigenvalue weighted by Gasteiger charge is 2.44. The van der Waals surface area contributed by atoms with Crippen LogP contribution in [-0.4, -0.2) is 73.1 Å². The minimum Gasteiger partial charge on any atom is -0.342 e. The van der Waals surface area contributed by atoms with Gasteiger partial charge in [0.15, 0.2) is 5.65 Å². The number of benzene rings is 1. The van der Waals surface area contributed by atoms with Crippen LogP contribution in [0.5, 0.6) is 0 Å². The lowest BCUT2D eigenvalue weighted by atomic mass is 9.81. The second kappa shape index (κ2) is 13.1. The molecule has 3 aliphatic heterocycles. The summed E-state index contributed by atoms with van der Waals surface area (Å²) in [7, 11) is 0. The summed E-state index contributed by atoms with van der Waals surface area (Å²) in [6, 6.07) is 9.52. The van der Waals surface area contributed by atoms with Crippen LogP contribution in [0, 0.1) is 11.2 Å². The minimum atomic E-state index is -0.528. The highest BCUT2D eigenvalue weighted by molar-refractivity contribution is 8.01. The van der Waals surface area contributed by atoms with Crippen molar-refractivity contribution >= 4 is 34.7 Å². The topological polar surface area (TPSA) is 103 Å². The highest BCUT2D eigenvalue weighted by atomic mass is 32.2. The molecule has 6 rings (SSSR count). The molecule has 0 radical (unpaired) electrons. The van der Waals surface area contributed by atoms with Gasteiger partial charge in [-0.05, 0) is 86.6 Å². The number of H-pyrrole nitrogens is 1. The number of aromatic nitrogens is 3. The zero-order valence-corrected chi connectivity index (χ0v) is 28.4. The van der Waals surface area contributed by atoms with E-state index in [-0.39, 0.29) is 64.6 Å². The first-order valence-corrected chi connectivity index (χ1v) is 17.7. The Bertz CT molecular complexity index is 1630. The van der Waals surface area contributed by atoms with Gasteiger partial charge in [0.05, 0.1) is 10.8 Å². The van der Waals surface area contributed by atoms with Gasteiger partial charge in [-0.1, -0.05) is 32.9 Å². The molecule has 5 atom stereocenters. The quantitative estimate of drug-likeness (QED) is 0.338. The SMILES string of the molecule is C[C@@H]1CC(c2c(F)cccc2[C@@H]2S[C@@H](CC(=O)N3CCC(n4c(=O)[nH]c5ncccc54)CC3)C(=O)N2CCC(C)(C)C)C[C@H](C)N1. The van der Waals surface area contributed by atoms with Gasteiger partial charge in [-0.2, -0.15) is 0 Å². The molecular formula is C35H47FN6O3S. The number of fused-ring (bicyclic) bond motifs is 1. The van der Waals surface area contributed by atoms with E-state index in [9.17, 15) is 14.4 Å². The van der Waals surface area contributed by atoms with Crippen molar-refractivity contribution in [1.82, 2.24) is 29.7 Å². The van der Waals surface area contributed by atoms with Gasteiger partial charge in [-0.25, -0.2) is 14.2 Å². The number of amides is 2. The Kier molecular flexibility index (Phi) is 9.36. The van der Waals surface area contributed by atoms with Crippen LogP contribution in [0.4, 0.5) is 4.39 Å². The number of hydrogen-bond acceptors (Lipinski definition) is 6. The third-order valence-electron chi connectivity index (χ3n) is 9.88. The van der Waals surface area contributed by atoms with E-state index in [0.29, 0.717) is 38.1 Å². The lowest BCUT2D eigenvalue weighted by Gasteiger charge is -2.36. The van der Waals surface area contributed by atoms with Crippen LogP contribution in [-0.2, 0) is 9.59 Å². The van der Waals surface area contributed by atoms with Crippen molar-refractivity contribution in [2.75, 3.05) is 19.6 Å². The number of aromatic amines is 1. The fourth-order valence-corrected chi connectivity index (χ4v) is 9.15. The molecule has 1 unspecified atom stereocenters. The molecule has 1 aromatic carbocycles. The van der Waals surface area contributed by atoms with Crippen LogP contribution in [0.1, 0.15) is 102 Å². The smallest absolute Gasteiger partial charge is 0.327 e. The average molecular weight is 651 g/mol. The van der Waals surface area contributed by atoms with Crippen LogP contribution in [0.2, 0.25) is 0 Å². The molecule has 3 fully saturated rings. The number of hydrogen-bond donors (Lipinski definition) is 2. The van der Waals surface area contributed by atoms with Gasteiger partial charge in [0.25, 0.3) is 0 Å². The minimum absolute atomic E-state index is 0.0151. The van der Waals surface area contributed by atoms with Crippen LogP contribution in [0.25, 0.3) is 11.2 Å². The number of rotatable bonds is 7. The number of imidazole rings is 1. The average Bonchev–Trinajstić information content (AvgIpc) is 3.50. The van der Waals surface area contributed by atoms with E-state index >= 15 is 4.39 Å². The number of carbonyl (C=O) groups is 2. The first-order chi connectivity index (χ1) is 21.9. The molecule has 46 heavy (non-hydrogen) atoms. The van der Waals surface area contributed by atoms with E-state index in [2.05, 4.69) is 49.9 Å². The Morgan fingerprint density at radius 1 is 1.07 bits per heavy atom. The summed E-state index contributed by atoms with van der Waals surface area (Å²) in [5.74, 6) is -0.234. The van der Waals surface area contributed by atoms with Gasteiger partial charge >= 0.3 is 5.69 Å². The molecule has 2 N–H and O–H groups in total. The van der Waals surface area contributed by atoms with E-state index in [4.69, 9.17) is 0 Å². The number of likely N-dealkylation sites (tertiary alicyclic amines) is 1. The first-order valence-electron chi connectivity index (χ1n) is 16.7. The Balaban J connectivity index is 1.19. The third-order valence-corrected chi connectivity index (χ3v) is 11.3. The Hall–Kier alpha value is -3.18. The molecular weight excluding hydrogens is 603 g/mol. The number of nitrogens with zero attached hydrogens (tertiary/aromatic N) is 4. The van der Waals surface area contributed by atoms with Gasteiger partial charge in [0.2, 0.25) is 11.8 Å². The standard InChI is InChI=1S/C35H47FN6O3S/c1-21-18-23(19-22(2)38-21)30-25(8-6-9-26(30)36)33-41(17-13-35(3,4)5)32(44)28(46-33)20-29(43)40-15-11-24(12-16-40)42-27-10-7-14-37-31(27)39-34(42)45/h6-10,14,21-24,28,33,38H,11-13,15-20H2,1-5H3,(H,37,39,45)/t21-,22+,23?,28-,33-/m0/s1. The van der Waals surface area contributed by atoms with Gasteiger partial charge in [-0.15, -0.1) is 11.8 Å². The van der Waals surface area contributed by atoms with Gasteiger partial charge in [0.1, 0.15) is 11.2 Å². The molecule has 0 bridgehead atoms. The lowest BCUT2D eigenvalue weighted by Crippen LogP contribution is -2.42. The molecule has 0 spiro atoms. The number of halogens is 1. The van der Waals surface area contributed by atoms with E-state index in [1.807, 2.05) is 28.0 Å². The molecule has 11 heteroatoms. The third kappa shape index (κ3) is 6.76. The number of thioether (sulfide) groups is 1. The summed E-state index contributed by atoms with van der Waals surface area (Å²) in [6.07, 6.45) is 5.55. The van der Waals surface area contributed by atoms with Crippen molar-refractivity contribution in [1.29, 1.82) is 0 Å². The van der Waals surface area contributed by atoms with Gasteiger partial charge in [0, 0.05) is 50.4 Å². The number of pyridine rings is 1. The fraction of sp³-hybridized carbons (Fsp3) is 0.600. The Morgan fingerprint density at radius 3 is 2.48 bits per heavy atom. The van der Waals surface area contributed by atoms with Crippen LogP contribution in [0.3, 0.4) is 0 Å². The number of piperidine rings is 2. The molecule has 3 aromatic rings. The van der Waals surface area contributed by atoms with Crippen molar-refractivity contribution in [3.8, 4) is 0 Å². The van der Waals surface area contributed by atoms with E-state index in [1.54, 1.807) is 22.9 Å². The normalized spacial score (nSPS) is 26.3. The van der Waals surface area contributed by atoms with Gasteiger partial charge < -0.3 is 15.1 Å². The van der Waals surface area contributed by atoms with Crippen molar-refractivity contribution in [2.24, 2.45) is 5.41 Å². The van der Waals surface area contributed by atoms with E-state index in [0.717, 1.165) is 35.9 Å². The Morgan fingerprint density at radius 2 is 1.78 bits per heavy atom. The van der Waals surface area contributed by atoms with E-state index < -0.39 is 5.25 Å². The zero-order valence-electron chi connectivity index (χ0n) is 27.6. The molecule has 2 amide bonds. The van der Waals surface area contributed by atoms with Crippen molar-refractivity contribution in [3.05, 3.63) is 64.0 Å². The molecule has 3 aliphatic rings. The second-order valence-corrected chi connectivity index (χ2v) is 16.0. The predicted octanol–water partition coefficient (Wildman–Crippen LogP) is 5.74. The predicted molar refractivity (Wildman–Crippen MR) is 180 cm³/mol. The molecule has 248 valence electrons. The maximum absolute atomic E-state index is 15.7. The van der Waals surface area contributed by atoms with Crippen LogP contribution < -0.4 is 11.0 Å². The molecule has 3 saturated heterocycles. The summed E-state index contributed by atoms with van der Waals surface area (Å²) in [5, 5.41) is 2.70. The van der Waals surface area contributed by atoms with Crippen molar-refractivity contribution in [2.45, 2.75) is 108 Å². The van der Waals surface area contributed by atoms with Crippen molar-refractivity contribution in [3.63, 3.8) is 0 Å². The van der Waals surface area contributed by atoms with Gasteiger partial charge in [-0.3, -0.25) is 19.1 Å². The second-order valence-electron chi connectivity index (χ2n) is 14.7. The largest absolute Gasteiger partial charge is 0.342 e. The maximum Gasteiger partial charge on any atom is 0.327 e. The maximum atomic E-state index is 15.7. The summed E-state index contributed by atoms with van der Waals surface area (Å²) in [5.41, 5.74) is 2.77. The number of nitrogens with one attached hydrogen (secondary N) is 2. The summed E-state index contributed by atoms with van der Waals surface area (Å²) < 4.78 is 17.5. The summed E-state index contributed by atoms with van der Waals surface area (Å²) >= 11 is 1.50. The van der Waals surface area contributed by atoms with Crippen molar-refractivity contribution < 1.29 is 14.0 Å². The van der Waals surface area contributed by atoms with E-state index in [1.165, 1.54) is 11.8 Å². The summed E-state index contributed by atoms with van der Waals surface area (Å²) in [6.45, 7) is 12.4. The van der Waals surface area contributed by atoms with Crippen LogP contribution >= 0.6 is 11.8 Å². The Labute approximate surface area is 274 Å². The lowest BCUT2D eigenvalue weighted by molar-refractivity contribution is -0.136. The highest BCUT2D eigenvalue weighted by Crippen LogP contribution is 2.49. The van der Waals surface area contributed by atoms with Crippen LogP contribution in [0.15, 0.2) is 41.3 Å². The summed E-state index contributed by atoms with van der Waals surface area (Å²) in [4.78, 5) is 51.3.